The molecule has 1 aliphatic carbocycles. The number of sulfone groups is 1. The molecule has 0 aromatic heterocycles. The minimum Gasteiger partial charge on any atom is -0.469 e. The number of carbonyl (C=O) groups excluding carboxylic acids is 2. The minimum atomic E-state index is -3.51. The predicted molar refractivity (Wildman–Crippen MR) is 56.1 cm³/mol. The number of nitrogens with two attached hydrogens (primary N) is 1. The molecule has 0 aromatic carbocycles. The Morgan fingerprint density at radius 2 is 1.94 bits per heavy atom. The molecular formula is C9H15NO5S. The number of rotatable bonds is 6. The lowest BCUT2D eigenvalue weighted by atomic mass is 10.1. The van der Waals surface area contributed by atoms with Crippen LogP contribution in [0.25, 0.3) is 0 Å². The van der Waals surface area contributed by atoms with Gasteiger partial charge in [-0.1, -0.05) is 0 Å². The third-order valence-corrected chi connectivity index (χ3v) is 4.37. The van der Waals surface area contributed by atoms with Gasteiger partial charge in [-0.05, 0) is 18.3 Å². The zero-order valence-corrected chi connectivity index (χ0v) is 9.88. The monoisotopic (exact) mass is 249 g/mol. The molecule has 0 heterocycles. The van der Waals surface area contributed by atoms with Crippen molar-refractivity contribution in [2.24, 2.45) is 11.1 Å². The van der Waals surface area contributed by atoms with Crippen LogP contribution in [0.5, 0.6) is 0 Å². The van der Waals surface area contributed by atoms with Gasteiger partial charge in [0.1, 0.15) is 5.75 Å². The normalized spacial score (nSPS) is 17.8. The molecule has 2 N–H and O–H groups in total. The second-order valence-electron chi connectivity index (χ2n) is 4.25. The Bertz CT molecular complexity index is 396. The number of ether oxygens (including phenoxy) is 1. The Balaban J connectivity index is 2.60. The fourth-order valence-corrected chi connectivity index (χ4v) is 3.52. The second kappa shape index (κ2) is 4.40. The third kappa shape index (κ3) is 3.80. The fourth-order valence-electron chi connectivity index (χ4n) is 1.66. The van der Waals surface area contributed by atoms with E-state index in [-0.39, 0.29) is 12.2 Å². The smallest absolute Gasteiger partial charge is 0.306 e. The molecular weight excluding hydrogens is 234 g/mol. The average Bonchev–Trinajstić information content (AvgIpc) is 2.80. The van der Waals surface area contributed by atoms with Crippen LogP contribution in [0.3, 0.4) is 0 Å². The Hall–Kier alpha value is -1.11. The van der Waals surface area contributed by atoms with Gasteiger partial charge < -0.3 is 10.5 Å². The van der Waals surface area contributed by atoms with Crippen LogP contribution in [0.2, 0.25) is 0 Å². The molecule has 0 radical (unpaired) electrons. The molecule has 92 valence electrons. The highest BCUT2D eigenvalue weighted by Gasteiger charge is 2.48. The molecule has 0 aromatic rings. The zero-order valence-electron chi connectivity index (χ0n) is 9.06. The van der Waals surface area contributed by atoms with Crippen molar-refractivity contribution >= 4 is 21.7 Å². The number of esters is 1. The van der Waals surface area contributed by atoms with Gasteiger partial charge in [-0.2, -0.15) is 0 Å². The van der Waals surface area contributed by atoms with E-state index in [4.69, 9.17) is 5.73 Å². The van der Waals surface area contributed by atoms with E-state index in [1.165, 1.54) is 7.11 Å². The summed E-state index contributed by atoms with van der Waals surface area (Å²) in [6.07, 6.45) is 1.42. The van der Waals surface area contributed by atoms with Gasteiger partial charge in [-0.3, -0.25) is 9.59 Å². The summed E-state index contributed by atoms with van der Waals surface area (Å²) in [6, 6.07) is 0. The molecule has 16 heavy (non-hydrogen) atoms. The van der Waals surface area contributed by atoms with Crippen LogP contribution in [0.1, 0.15) is 19.3 Å². The largest absolute Gasteiger partial charge is 0.469 e. The molecule has 1 rings (SSSR count). The van der Waals surface area contributed by atoms with Gasteiger partial charge in [-0.15, -0.1) is 0 Å². The van der Waals surface area contributed by atoms with E-state index in [1.807, 2.05) is 0 Å². The van der Waals surface area contributed by atoms with Gasteiger partial charge in [0.15, 0.2) is 9.84 Å². The van der Waals surface area contributed by atoms with Crippen LogP contribution in [-0.2, 0) is 24.2 Å². The van der Waals surface area contributed by atoms with Crippen LogP contribution >= 0.6 is 0 Å². The average molecular weight is 249 g/mol. The highest BCUT2D eigenvalue weighted by atomic mass is 32.2. The van der Waals surface area contributed by atoms with E-state index in [1.54, 1.807) is 0 Å². The Morgan fingerprint density at radius 1 is 1.38 bits per heavy atom. The Kier molecular flexibility index (Phi) is 3.57. The van der Waals surface area contributed by atoms with E-state index in [9.17, 15) is 18.0 Å². The first-order valence-corrected chi connectivity index (χ1v) is 6.66. The maximum absolute atomic E-state index is 11.5. The number of carbonyl (C=O) groups is 2. The number of primary amides is 1. The van der Waals surface area contributed by atoms with Gasteiger partial charge >= 0.3 is 5.97 Å². The molecule has 1 saturated carbocycles. The highest BCUT2D eigenvalue weighted by molar-refractivity contribution is 7.92. The lowest BCUT2D eigenvalue weighted by Gasteiger charge is -2.12. The molecule has 0 atom stereocenters. The van der Waals surface area contributed by atoms with Gasteiger partial charge in [0.05, 0.1) is 19.3 Å². The third-order valence-electron chi connectivity index (χ3n) is 2.59. The van der Waals surface area contributed by atoms with Crippen LogP contribution in [-0.4, -0.2) is 38.9 Å². The first-order valence-electron chi connectivity index (χ1n) is 4.84. The standard InChI is InChI=1S/C9H15NO5S/c1-15-8(12)4-9(2-3-9)6-16(13,14)5-7(10)11/h2-6H2,1H3,(H2,10,11). The van der Waals surface area contributed by atoms with E-state index < -0.39 is 32.9 Å². The quantitative estimate of drug-likeness (QED) is 0.622. The molecule has 0 aliphatic heterocycles. The van der Waals surface area contributed by atoms with Gasteiger partial charge in [0.25, 0.3) is 0 Å². The number of amides is 1. The van der Waals surface area contributed by atoms with Crippen molar-refractivity contribution < 1.29 is 22.7 Å². The van der Waals surface area contributed by atoms with Crippen molar-refractivity contribution in [3.8, 4) is 0 Å². The molecule has 1 amide bonds. The van der Waals surface area contributed by atoms with E-state index in [2.05, 4.69) is 4.74 Å². The Labute approximate surface area is 94.1 Å². The molecule has 0 saturated heterocycles. The molecule has 0 spiro atoms. The second-order valence-corrected chi connectivity index (χ2v) is 6.32. The highest BCUT2D eigenvalue weighted by Crippen LogP contribution is 2.50. The van der Waals surface area contributed by atoms with Crippen LogP contribution in [0.15, 0.2) is 0 Å². The summed E-state index contributed by atoms with van der Waals surface area (Å²) in [6.45, 7) is 0. The first-order chi connectivity index (χ1) is 7.29. The summed E-state index contributed by atoms with van der Waals surface area (Å²) < 4.78 is 27.5. The minimum absolute atomic E-state index is 0.0848. The summed E-state index contributed by atoms with van der Waals surface area (Å²) in [5.74, 6) is -2.12. The van der Waals surface area contributed by atoms with Crippen molar-refractivity contribution in [2.75, 3.05) is 18.6 Å². The molecule has 7 heteroatoms. The first kappa shape index (κ1) is 13.0. The lowest BCUT2D eigenvalue weighted by molar-refractivity contribution is -0.141. The van der Waals surface area contributed by atoms with E-state index >= 15 is 0 Å². The summed E-state index contributed by atoms with van der Waals surface area (Å²) in [5, 5.41) is 0. The van der Waals surface area contributed by atoms with Crippen LogP contribution < -0.4 is 5.73 Å². The van der Waals surface area contributed by atoms with Gasteiger partial charge in [-0.25, -0.2) is 8.42 Å². The molecule has 1 aliphatic rings. The van der Waals surface area contributed by atoms with Crippen molar-refractivity contribution in [1.29, 1.82) is 0 Å². The summed E-state index contributed by atoms with van der Waals surface area (Å²) in [7, 11) is -2.25. The predicted octanol–water partition coefficient (Wildman–Crippen LogP) is -0.770. The van der Waals surface area contributed by atoms with Gasteiger partial charge in [0.2, 0.25) is 5.91 Å². The SMILES string of the molecule is COC(=O)CC1(CS(=O)(=O)CC(N)=O)CC1. The van der Waals surface area contributed by atoms with Crippen molar-refractivity contribution in [3.05, 3.63) is 0 Å². The van der Waals surface area contributed by atoms with Gasteiger partial charge in [0, 0.05) is 0 Å². The lowest BCUT2D eigenvalue weighted by Crippen LogP contribution is -2.29. The molecule has 0 bridgehead atoms. The summed E-state index contributed by atoms with van der Waals surface area (Å²) in [4.78, 5) is 21.6. The van der Waals surface area contributed by atoms with Crippen LogP contribution in [0.4, 0.5) is 0 Å². The Morgan fingerprint density at radius 3 is 2.31 bits per heavy atom. The topological polar surface area (TPSA) is 104 Å². The van der Waals surface area contributed by atoms with Crippen LogP contribution in [0, 0.1) is 5.41 Å². The summed E-state index contributed by atoms with van der Waals surface area (Å²) >= 11 is 0. The zero-order chi connectivity index (χ0) is 12.4. The van der Waals surface area contributed by atoms with E-state index in [0.29, 0.717) is 12.8 Å². The maximum Gasteiger partial charge on any atom is 0.306 e. The number of methoxy groups -OCH3 is 1. The van der Waals surface area contributed by atoms with Crippen molar-refractivity contribution in [1.82, 2.24) is 0 Å². The number of hydrogen-bond donors (Lipinski definition) is 1. The van der Waals surface area contributed by atoms with E-state index in [0.717, 1.165) is 0 Å². The van der Waals surface area contributed by atoms with Crippen molar-refractivity contribution in [3.63, 3.8) is 0 Å². The molecule has 1 fully saturated rings. The summed E-state index contributed by atoms with van der Waals surface area (Å²) in [5.41, 5.74) is 4.31. The fraction of sp³-hybridized carbons (Fsp3) is 0.778. The molecule has 0 unspecified atom stereocenters. The van der Waals surface area contributed by atoms with Crippen molar-refractivity contribution in [2.45, 2.75) is 19.3 Å². The molecule has 6 nitrogen and oxygen atoms in total. The maximum atomic E-state index is 11.5. The number of hydrogen-bond acceptors (Lipinski definition) is 5.